The van der Waals surface area contributed by atoms with Gasteiger partial charge in [-0.25, -0.2) is 8.42 Å². The van der Waals surface area contributed by atoms with Crippen molar-refractivity contribution in [3.8, 4) is 0 Å². The van der Waals surface area contributed by atoms with E-state index in [0.717, 1.165) is 19.6 Å². The maximum Gasteiger partial charge on any atom is 0.238 e. The third-order valence-electron chi connectivity index (χ3n) is 4.87. The van der Waals surface area contributed by atoms with Gasteiger partial charge in [0.25, 0.3) is 0 Å². The third-order valence-corrected chi connectivity index (χ3v) is 6.74. The first-order valence-corrected chi connectivity index (χ1v) is 10.9. The minimum atomic E-state index is -3.66. The Labute approximate surface area is 165 Å². The largest absolute Gasteiger partial charge is 0.339 e. The van der Waals surface area contributed by atoms with E-state index in [0.29, 0.717) is 18.1 Å². The molecular formula is C20H23ClN2O3S. The highest BCUT2D eigenvalue weighted by atomic mass is 35.5. The Balaban J connectivity index is 1.55. The molecular weight excluding hydrogens is 384 g/mol. The number of halogens is 1. The fourth-order valence-corrected chi connectivity index (χ4v) is 4.51. The van der Waals surface area contributed by atoms with Crippen LogP contribution in [0.1, 0.15) is 11.1 Å². The number of hydrogen-bond donors (Lipinski definition) is 0. The molecule has 3 rings (SSSR count). The van der Waals surface area contributed by atoms with Crippen molar-refractivity contribution in [2.45, 2.75) is 18.4 Å². The van der Waals surface area contributed by atoms with Gasteiger partial charge in [0, 0.05) is 37.7 Å². The van der Waals surface area contributed by atoms with Crippen LogP contribution in [0.15, 0.2) is 53.4 Å². The zero-order valence-electron chi connectivity index (χ0n) is 15.3. The zero-order valence-corrected chi connectivity index (χ0v) is 16.8. The molecule has 1 aliphatic rings. The molecule has 1 aliphatic heterocycles. The highest BCUT2D eigenvalue weighted by Gasteiger charge is 2.26. The van der Waals surface area contributed by atoms with Gasteiger partial charge in [0.05, 0.1) is 4.90 Å². The lowest BCUT2D eigenvalue weighted by atomic mass is 10.1. The molecule has 7 heteroatoms. The molecule has 0 saturated carbocycles. The quantitative estimate of drug-likeness (QED) is 0.766. The van der Waals surface area contributed by atoms with Gasteiger partial charge in [-0.3, -0.25) is 9.69 Å². The number of nitrogens with zero attached hydrogens (tertiary/aromatic N) is 2. The monoisotopic (exact) mass is 406 g/mol. The standard InChI is InChI=1S/C20H23ClN2O3S/c1-16-4-2-3-5-17(16)14-22-10-12-23(13-11-22)20(24)15-27(25,26)19-8-6-18(21)7-9-19/h2-9H,10-15H2,1H3. The van der Waals surface area contributed by atoms with E-state index in [1.807, 2.05) is 12.1 Å². The summed E-state index contributed by atoms with van der Waals surface area (Å²) in [6, 6.07) is 14.2. The van der Waals surface area contributed by atoms with Gasteiger partial charge in [-0.05, 0) is 42.3 Å². The molecule has 0 N–H and O–H groups in total. The predicted octanol–water partition coefficient (Wildman–Crippen LogP) is 2.77. The Morgan fingerprint density at radius 2 is 1.63 bits per heavy atom. The van der Waals surface area contributed by atoms with Gasteiger partial charge in [-0.15, -0.1) is 0 Å². The summed E-state index contributed by atoms with van der Waals surface area (Å²) >= 11 is 5.80. The summed E-state index contributed by atoms with van der Waals surface area (Å²) < 4.78 is 24.9. The number of amides is 1. The van der Waals surface area contributed by atoms with Crippen molar-refractivity contribution >= 4 is 27.3 Å². The van der Waals surface area contributed by atoms with Crippen LogP contribution < -0.4 is 0 Å². The Morgan fingerprint density at radius 1 is 1.00 bits per heavy atom. The number of carbonyl (C=O) groups excluding carboxylic acids is 1. The van der Waals surface area contributed by atoms with Crippen LogP contribution in [-0.2, 0) is 21.2 Å². The van der Waals surface area contributed by atoms with E-state index < -0.39 is 15.6 Å². The van der Waals surface area contributed by atoms with Crippen LogP contribution in [0.4, 0.5) is 0 Å². The minimum absolute atomic E-state index is 0.124. The fraction of sp³-hybridized carbons (Fsp3) is 0.350. The molecule has 0 spiro atoms. The van der Waals surface area contributed by atoms with Crippen LogP contribution in [-0.4, -0.2) is 56.1 Å². The second-order valence-electron chi connectivity index (χ2n) is 6.80. The Kier molecular flexibility index (Phi) is 6.19. The normalized spacial score (nSPS) is 15.7. The third kappa shape index (κ3) is 5.09. The van der Waals surface area contributed by atoms with Gasteiger partial charge < -0.3 is 4.90 Å². The van der Waals surface area contributed by atoms with Crippen LogP contribution in [0.2, 0.25) is 5.02 Å². The van der Waals surface area contributed by atoms with Crippen molar-refractivity contribution in [1.82, 2.24) is 9.80 Å². The molecule has 1 amide bonds. The summed E-state index contributed by atoms with van der Waals surface area (Å²) in [5, 5.41) is 0.463. The molecule has 144 valence electrons. The van der Waals surface area contributed by atoms with E-state index in [2.05, 4.69) is 24.0 Å². The lowest BCUT2D eigenvalue weighted by Gasteiger charge is -2.35. The van der Waals surface area contributed by atoms with Crippen LogP contribution >= 0.6 is 11.6 Å². The van der Waals surface area contributed by atoms with E-state index in [1.54, 1.807) is 4.90 Å². The predicted molar refractivity (Wildman–Crippen MR) is 107 cm³/mol. The molecule has 5 nitrogen and oxygen atoms in total. The van der Waals surface area contributed by atoms with Crippen LogP contribution in [0.5, 0.6) is 0 Å². The average Bonchev–Trinajstić information content (AvgIpc) is 2.64. The first-order chi connectivity index (χ1) is 12.8. The molecule has 2 aromatic carbocycles. The summed E-state index contributed by atoms with van der Waals surface area (Å²) in [5.41, 5.74) is 2.53. The molecule has 2 aromatic rings. The molecule has 0 atom stereocenters. The zero-order chi connectivity index (χ0) is 19.4. The van der Waals surface area contributed by atoms with E-state index >= 15 is 0 Å². The first-order valence-electron chi connectivity index (χ1n) is 8.88. The van der Waals surface area contributed by atoms with Gasteiger partial charge in [0.2, 0.25) is 5.91 Å². The molecule has 0 aliphatic carbocycles. The van der Waals surface area contributed by atoms with Crippen LogP contribution in [0.3, 0.4) is 0 Å². The lowest BCUT2D eigenvalue weighted by Crippen LogP contribution is -2.49. The van der Waals surface area contributed by atoms with Crippen molar-refractivity contribution in [2.75, 3.05) is 31.9 Å². The molecule has 0 aromatic heterocycles. The van der Waals surface area contributed by atoms with Gasteiger partial charge in [-0.1, -0.05) is 35.9 Å². The topological polar surface area (TPSA) is 57.7 Å². The second-order valence-corrected chi connectivity index (χ2v) is 9.22. The maximum absolute atomic E-state index is 12.5. The van der Waals surface area contributed by atoms with Crippen molar-refractivity contribution in [3.05, 3.63) is 64.7 Å². The Hall–Kier alpha value is -1.89. The van der Waals surface area contributed by atoms with E-state index in [9.17, 15) is 13.2 Å². The number of sulfone groups is 1. The highest BCUT2D eigenvalue weighted by Crippen LogP contribution is 2.17. The SMILES string of the molecule is Cc1ccccc1CN1CCN(C(=O)CS(=O)(=O)c2ccc(Cl)cc2)CC1. The lowest BCUT2D eigenvalue weighted by molar-refractivity contribution is -0.130. The number of carbonyl (C=O) groups is 1. The smallest absolute Gasteiger partial charge is 0.238 e. The minimum Gasteiger partial charge on any atom is -0.339 e. The molecule has 0 unspecified atom stereocenters. The van der Waals surface area contributed by atoms with Crippen molar-refractivity contribution in [2.24, 2.45) is 0 Å². The molecule has 27 heavy (non-hydrogen) atoms. The van der Waals surface area contributed by atoms with Crippen molar-refractivity contribution < 1.29 is 13.2 Å². The summed E-state index contributed by atoms with van der Waals surface area (Å²) in [6.45, 7) is 5.50. The number of piperazine rings is 1. The Bertz CT molecular complexity index is 905. The Morgan fingerprint density at radius 3 is 2.26 bits per heavy atom. The second kappa shape index (κ2) is 8.42. The number of hydrogen-bond acceptors (Lipinski definition) is 4. The van der Waals surface area contributed by atoms with Crippen molar-refractivity contribution in [1.29, 1.82) is 0 Å². The summed E-state index contributed by atoms with van der Waals surface area (Å²) in [5.74, 6) is -0.854. The molecule has 1 fully saturated rings. The van der Waals surface area contributed by atoms with E-state index in [1.165, 1.54) is 35.4 Å². The van der Waals surface area contributed by atoms with Crippen LogP contribution in [0, 0.1) is 6.92 Å². The maximum atomic E-state index is 12.5. The number of rotatable bonds is 5. The highest BCUT2D eigenvalue weighted by molar-refractivity contribution is 7.92. The fourth-order valence-electron chi connectivity index (χ4n) is 3.16. The molecule has 1 heterocycles. The van der Waals surface area contributed by atoms with E-state index in [-0.39, 0.29) is 10.8 Å². The molecule has 0 radical (unpaired) electrons. The number of benzene rings is 2. The van der Waals surface area contributed by atoms with Gasteiger partial charge in [0.1, 0.15) is 5.75 Å². The summed E-state index contributed by atoms with van der Waals surface area (Å²) in [4.78, 5) is 16.5. The molecule has 0 bridgehead atoms. The number of aryl methyl sites for hydroxylation is 1. The van der Waals surface area contributed by atoms with E-state index in [4.69, 9.17) is 11.6 Å². The summed E-state index contributed by atoms with van der Waals surface area (Å²) in [7, 11) is -3.66. The van der Waals surface area contributed by atoms with Gasteiger partial charge >= 0.3 is 0 Å². The van der Waals surface area contributed by atoms with Crippen LogP contribution in [0.25, 0.3) is 0 Å². The summed E-state index contributed by atoms with van der Waals surface area (Å²) in [6.07, 6.45) is 0. The van der Waals surface area contributed by atoms with Crippen molar-refractivity contribution in [3.63, 3.8) is 0 Å². The first kappa shape index (κ1) is 19.9. The average molecular weight is 407 g/mol. The molecule has 1 saturated heterocycles. The van der Waals surface area contributed by atoms with Gasteiger partial charge in [0.15, 0.2) is 9.84 Å². The van der Waals surface area contributed by atoms with Gasteiger partial charge in [-0.2, -0.15) is 0 Å².